The minimum Gasteiger partial charge on any atom is -0.530 e. The van der Waals surface area contributed by atoms with Crippen molar-refractivity contribution >= 4 is 18.5 Å². The summed E-state index contributed by atoms with van der Waals surface area (Å²) in [6, 6.07) is 0. The maximum atomic E-state index is 11.2. The minimum atomic E-state index is -0.350. The van der Waals surface area contributed by atoms with E-state index in [1.165, 1.54) is 0 Å². The van der Waals surface area contributed by atoms with Crippen molar-refractivity contribution in [3.05, 3.63) is 18.1 Å². The normalized spacial score (nSPS) is 10.4. The fourth-order valence-electron chi connectivity index (χ4n) is 1.36. The van der Waals surface area contributed by atoms with Gasteiger partial charge in [-0.05, 0) is 20.9 Å². The van der Waals surface area contributed by atoms with Gasteiger partial charge in [0.25, 0.3) is 5.97 Å². The van der Waals surface area contributed by atoms with E-state index < -0.39 is 0 Å². The average Bonchev–Trinajstić information content (AvgIpc) is 2.28. The monoisotopic (exact) mass is 235 g/mol. The fraction of sp³-hybridized carbons (Fsp3) is 0.545. The number of hydrogen-bond acceptors (Lipinski definition) is 5. The molecule has 0 saturated heterocycles. The summed E-state index contributed by atoms with van der Waals surface area (Å²) in [5.74, 6) is -0.225. The van der Waals surface area contributed by atoms with Crippen molar-refractivity contribution < 1.29 is 9.45 Å². The molecule has 0 saturated carbocycles. The molecule has 0 unspecified atom stereocenters. The first-order valence-electron chi connectivity index (χ1n) is 5.68. The van der Waals surface area contributed by atoms with E-state index >= 15 is 0 Å². The van der Waals surface area contributed by atoms with Gasteiger partial charge in [-0.2, -0.15) is 0 Å². The molecule has 92 valence electrons. The van der Waals surface area contributed by atoms with Crippen molar-refractivity contribution in [1.29, 1.82) is 0 Å². The smallest absolute Gasteiger partial charge is 0.412 e. The van der Waals surface area contributed by atoms with E-state index in [-0.39, 0.29) is 12.9 Å². The SMILES string of the molecule is CCC(=O)OB(C)c1cncc(CN(C)C)n1. The first kappa shape index (κ1) is 13.6. The van der Waals surface area contributed by atoms with Crippen LogP contribution in [0.5, 0.6) is 0 Å². The maximum Gasteiger partial charge on any atom is 0.412 e. The van der Waals surface area contributed by atoms with E-state index in [9.17, 15) is 4.79 Å². The minimum absolute atomic E-state index is 0.225. The second-order valence-corrected chi connectivity index (χ2v) is 4.16. The van der Waals surface area contributed by atoms with Crippen LogP contribution in [0.1, 0.15) is 19.0 Å². The highest BCUT2D eigenvalue weighted by molar-refractivity contribution is 6.66. The lowest BCUT2D eigenvalue weighted by atomic mass is 9.67. The molecular weight excluding hydrogens is 217 g/mol. The van der Waals surface area contributed by atoms with Gasteiger partial charge in [0, 0.05) is 25.4 Å². The Morgan fingerprint density at radius 1 is 1.47 bits per heavy atom. The number of rotatable bonds is 5. The summed E-state index contributed by atoms with van der Waals surface area (Å²) in [7, 11) is 3.93. The molecule has 0 atom stereocenters. The third-order valence-corrected chi connectivity index (χ3v) is 2.19. The molecule has 0 N–H and O–H groups in total. The molecule has 0 aliphatic heterocycles. The molecule has 0 aliphatic carbocycles. The van der Waals surface area contributed by atoms with Crippen LogP contribution in [0.4, 0.5) is 0 Å². The predicted molar refractivity (Wildman–Crippen MR) is 67.1 cm³/mol. The number of carbonyl (C=O) groups is 1. The standard InChI is InChI=1S/C11H18BN3O2/c1-5-11(16)17-12(2)10-7-13-6-9(14-10)8-15(3)4/h6-7H,5,8H2,1-4H3. The highest BCUT2D eigenvalue weighted by Gasteiger charge is 2.18. The molecule has 1 heterocycles. The first-order valence-corrected chi connectivity index (χ1v) is 5.68. The Morgan fingerprint density at radius 2 is 2.18 bits per heavy atom. The molecule has 0 spiro atoms. The summed E-state index contributed by atoms with van der Waals surface area (Å²) < 4.78 is 5.19. The molecular formula is C11H18BN3O2. The molecule has 17 heavy (non-hydrogen) atoms. The Kier molecular flexibility index (Phi) is 5.09. The zero-order valence-corrected chi connectivity index (χ0v) is 10.8. The van der Waals surface area contributed by atoms with Crippen molar-refractivity contribution in [3.63, 3.8) is 0 Å². The quantitative estimate of drug-likeness (QED) is 0.688. The molecule has 0 aliphatic rings. The van der Waals surface area contributed by atoms with Crippen LogP contribution in [0.25, 0.3) is 0 Å². The van der Waals surface area contributed by atoms with E-state index in [0.717, 1.165) is 12.2 Å². The number of aromatic nitrogens is 2. The summed E-state index contributed by atoms with van der Waals surface area (Å²) in [5.41, 5.74) is 1.55. The van der Waals surface area contributed by atoms with Gasteiger partial charge in [-0.15, -0.1) is 0 Å². The number of carbonyl (C=O) groups excluding carboxylic acids is 1. The molecule has 6 heteroatoms. The molecule has 0 fully saturated rings. The van der Waals surface area contributed by atoms with E-state index in [4.69, 9.17) is 4.65 Å². The summed E-state index contributed by atoms with van der Waals surface area (Å²) >= 11 is 0. The van der Waals surface area contributed by atoms with Gasteiger partial charge in [0.05, 0.1) is 11.3 Å². The topological polar surface area (TPSA) is 55.3 Å². The number of hydrogen-bond donors (Lipinski definition) is 0. The van der Waals surface area contributed by atoms with Gasteiger partial charge in [-0.25, -0.2) is 0 Å². The van der Waals surface area contributed by atoms with Crippen molar-refractivity contribution in [1.82, 2.24) is 14.9 Å². The van der Waals surface area contributed by atoms with Crippen molar-refractivity contribution in [2.75, 3.05) is 14.1 Å². The van der Waals surface area contributed by atoms with Crippen molar-refractivity contribution in [3.8, 4) is 0 Å². The van der Waals surface area contributed by atoms with E-state index in [1.807, 2.05) is 19.0 Å². The molecule has 0 amide bonds. The van der Waals surface area contributed by atoms with Crippen molar-refractivity contribution in [2.45, 2.75) is 26.7 Å². The van der Waals surface area contributed by atoms with Crippen LogP contribution in [-0.2, 0) is 16.0 Å². The van der Waals surface area contributed by atoms with E-state index in [0.29, 0.717) is 12.0 Å². The van der Waals surface area contributed by atoms with Crippen LogP contribution >= 0.6 is 0 Å². The van der Waals surface area contributed by atoms with Gasteiger partial charge in [-0.3, -0.25) is 14.8 Å². The Hall–Kier alpha value is -1.43. The fourth-order valence-corrected chi connectivity index (χ4v) is 1.36. The molecule has 0 bridgehead atoms. The summed E-state index contributed by atoms with van der Waals surface area (Å²) in [5, 5.41) is 0. The van der Waals surface area contributed by atoms with E-state index in [2.05, 4.69) is 9.97 Å². The molecule has 1 rings (SSSR count). The zero-order valence-electron chi connectivity index (χ0n) is 10.8. The van der Waals surface area contributed by atoms with Gasteiger partial charge in [-0.1, -0.05) is 6.92 Å². The maximum absolute atomic E-state index is 11.2. The Morgan fingerprint density at radius 3 is 2.76 bits per heavy atom. The van der Waals surface area contributed by atoms with Gasteiger partial charge in [0.1, 0.15) is 0 Å². The second-order valence-electron chi connectivity index (χ2n) is 4.16. The third-order valence-electron chi connectivity index (χ3n) is 2.19. The molecule has 0 aromatic carbocycles. The second kappa shape index (κ2) is 6.34. The third kappa shape index (κ3) is 4.52. The van der Waals surface area contributed by atoms with Crippen LogP contribution in [-0.4, -0.2) is 41.8 Å². The lowest BCUT2D eigenvalue weighted by molar-refractivity contribution is -0.134. The van der Waals surface area contributed by atoms with Crippen LogP contribution in [0.2, 0.25) is 6.82 Å². The van der Waals surface area contributed by atoms with Gasteiger partial charge < -0.3 is 9.55 Å². The summed E-state index contributed by atoms with van der Waals surface area (Å²) in [6.45, 7) is 3.94. The lowest BCUT2D eigenvalue weighted by Crippen LogP contribution is -2.36. The van der Waals surface area contributed by atoms with Crippen LogP contribution in [0, 0.1) is 0 Å². The molecule has 0 radical (unpaired) electrons. The van der Waals surface area contributed by atoms with Crippen LogP contribution in [0.15, 0.2) is 12.4 Å². The Labute approximate surface area is 102 Å². The number of nitrogens with zero attached hydrogens (tertiary/aromatic N) is 3. The van der Waals surface area contributed by atoms with Crippen molar-refractivity contribution in [2.24, 2.45) is 0 Å². The zero-order chi connectivity index (χ0) is 12.8. The predicted octanol–water partition coefficient (Wildman–Crippen LogP) is 0.320. The highest BCUT2D eigenvalue weighted by Crippen LogP contribution is 1.96. The van der Waals surface area contributed by atoms with Crippen LogP contribution < -0.4 is 5.59 Å². The molecule has 1 aromatic rings. The van der Waals surface area contributed by atoms with Gasteiger partial charge in [0.15, 0.2) is 0 Å². The Bertz CT molecular complexity index is 385. The molecule has 5 nitrogen and oxygen atoms in total. The summed E-state index contributed by atoms with van der Waals surface area (Å²) in [4.78, 5) is 21.7. The van der Waals surface area contributed by atoms with E-state index in [1.54, 1.807) is 26.1 Å². The Balaban J connectivity index is 2.73. The van der Waals surface area contributed by atoms with Crippen LogP contribution in [0.3, 0.4) is 0 Å². The lowest BCUT2D eigenvalue weighted by Gasteiger charge is -2.12. The average molecular weight is 235 g/mol. The summed E-state index contributed by atoms with van der Waals surface area (Å²) in [6.07, 6.45) is 3.72. The largest absolute Gasteiger partial charge is 0.530 e. The molecule has 1 aromatic heterocycles. The first-order chi connectivity index (χ1) is 8.02. The highest BCUT2D eigenvalue weighted by atomic mass is 16.5. The van der Waals surface area contributed by atoms with Gasteiger partial charge >= 0.3 is 6.92 Å². The van der Waals surface area contributed by atoms with Gasteiger partial charge in [0.2, 0.25) is 0 Å².